The summed E-state index contributed by atoms with van der Waals surface area (Å²) in [7, 11) is 3.91. The Hall–Kier alpha value is -1.14. The molecule has 2 heterocycles. The van der Waals surface area contributed by atoms with Gasteiger partial charge < -0.3 is 15.0 Å². The van der Waals surface area contributed by atoms with Crippen molar-refractivity contribution < 1.29 is 4.74 Å². The summed E-state index contributed by atoms with van der Waals surface area (Å²) in [4.78, 5) is 11.0. The molecule has 112 valence electrons. The molecule has 20 heavy (non-hydrogen) atoms. The Morgan fingerprint density at radius 1 is 1.65 bits per heavy atom. The van der Waals surface area contributed by atoms with Crippen molar-refractivity contribution in [1.82, 2.24) is 15.2 Å². The van der Waals surface area contributed by atoms with Gasteiger partial charge in [-0.25, -0.2) is 4.98 Å². The molecule has 0 saturated carbocycles. The molecule has 0 amide bonds. The molecular weight excluding hydrogens is 272 g/mol. The van der Waals surface area contributed by atoms with Crippen molar-refractivity contribution >= 4 is 17.3 Å². The fourth-order valence-electron chi connectivity index (χ4n) is 2.41. The fraction of sp³-hybridized carbons (Fsp3) is 0.714. The van der Waals surface area contributed by atoms with E-state index in [9.17, 15) is 0 Å². The summed E-state index contributed by atoms with van der Waals surface area (Å²) in [5, 5.41) is 6.65. The van der Waals surface area contributed by atoms with Crippen molar-refractivity contribution in [3.05, 3.63) is 16.1 Å². The topological polar surface area (TPSA) is 49.8 Å². The lowest BCUT2D eigenvalue weighted by Crippen LogP contribution is -2.42. The molecule has 1 aromatic rings. The van der Waals surface area contributed by atoms with Crippen molar-refractivity contribution in [3.8, 4) is 0 Å². The number of aromatic nitrogens is 1. The van der Waals surface area contributed by atoms with Gasteiger partial charge in [-0.2, -0.15) is 0 Å². The van der Waals surface area contributed by atoms with Crippen LogP contribution in [0, 0.1) is 12.8 Å². The molecule has 1 fully saturated rings. The molecule has 1 N–H and O–H groups in total. The molecule has 1 aromatic heterocycles. The molecule has 1 aliphatic rings. The molecule has 0 spiro atoms. The fourth-order valence-corrected chi connectivity index (χ4v) is 3.06. The van der Waals surface area contributed by atoms with Gasteiger partial charge in [-0.1, -0.05) is 0 Å². The normalized spacial score (nSPS) is 19.4. The second-order valence-corrected chi connectivity index (χ2v) is 6.25. The minimum Gasteiger partial charge on any atom is -0.381 e. The summed E-state index contributed by atoms with van der Waals surface area (Å²) in [6.07, 6.45) is 2.09. The number of aliphatic imine (C=N–C) groups is 1. The highest BCUT2D eigenvalue weighted by atomic mass is 32.1. The minimum absolute atomic E-state index is 0.625. The third-order valence-electron chi connectivity index (χ3n) is 3.46. The lowest BCUT2D eigenvalue weighted by atomic mass is 10.1. The zero-order chi connectivity index (χ0) is 14.4. The molecule has 2 rings (SSSR count). The summed E-state index contributed by atoms with van der Waals surface area (Å²) in [5.41, 5.74) is 1.15. The molecule has 1 unspecified atom stereocenters. The number of nitrogens with one attached hydrogen (secondary N) is 1. The number of rotatable bonds is 5. The van der Waals surface area contributed by atoms with Crippen molar-refractivity contribution in [2.24, 2.45) is 10.9 Å². The van der Waals surface area contributed by atoms with E-state index >= 15 is 0 Å². The maximum absolute atomic E-state index is 5.42. The van der Waals surface area contributed by atoms with Gasteiger partial charge in [0.05, 0.1) is 17.3 Å². The first-order chi connectivity index (χ1) is 9.69. The highest BCUT2D eigenvalue weighted by Crippen LogP contribution is 2.13. The number of guanidine groups is 1. The summed E-state index contributed by atoms with van der Waals surface area (Å²) >= 11 is 1.70. The van der Waals surface area contributed by atoms with Crippen molar-refractivity contribution in [1.29, 1.82) is 0 Å². The van der Waals surface area contributed by atoms with Crippen LogP contribution in [0.4, 0.5) is 0 Å². The van der Waals surface area contributed by atoms with Gasteiger partial charge in [-0.15, -0.1) is 11.3 Å². The van der Waals surface area contributed by atoms with Crippen LogP contribution in [-0.4, -0.2) is 56.2 Å². The molecule has 1 atom stereocenters. The van der Waals surface area contributed by atoms with E-state index in [4.69, 9.17) is 4.74 Å². The molecule has 1 saturated heterocycles. The van der Waals surface area contributed by atoms with Crippen molar-refractivity contribution in [2.75, 3.05) is 40.4 Å². The lowest BCUT2D eigenvalue weighted by Gasteiger charge is -2.24. The van der Waals surface area contributed by atoms with Gasteiger partial charge in [-0.05, 0) is 13.3 Å². The van der Waals surface area contributed by atoms with Crippen LogP contribution < -0.4 is 5.32 Å². The first-order valence-corrected chi connectivity index (χ1v) is 7.97. The number of thiazole rings is 1. The van der Waals surface area contributed by atoms with Crippen LogP contribution in [0.25, 0.3) is 0 Å². The smallest absolute Gasteiger partial charge is 0.193 e. The highest BCUT2D eigenvalue weighted by Gasteiger charge is 2.18. The Balaban J connectivity index is 1.73. The van der Waals surface area contributed by atoms with Gasteiger partial charge in [0.15, 0.2) is 5.96 Å². The zero-order valence-corrected chi connectivity index (χ0v) is 13.4. The SMILES string of the molecule is CN=C(NCCc1csc(C)n1)N(C)CC1CCOC1. The Bertz CT molecular complexity index is 440. The quantitative estimate of drug-likeness (QED) is 0.661. The number of aryl methyl sites for hydroxylation is 1. The molecule has 0 aliphatic carbocycles. The predicted octanol–water partition coefficient (Wildman–Crippen LogP) is 1.54. The van der Waals surface area contributed by atoms with Gasteiger partial charge in [0, 0.05) is 51.5 Å². The Morgan fingerprint density at radius 3 is 3.10 bits per heavy atom. The second-order valence-electron chi connectivity index (χ2n) is 5.19. The Kier molecular flexibility index (Phi) is 5.79. The molecular formula is C14H24N4OS. The van der Waals surface area contributed by atoms with E-state index in [1.807, 2.05) is 14.0 Å². The minimum atomic E-state index is 0.625. The summed E-state index contributed by atoms with van der Waals surface area (Å²) < 4.78 is 5.42. The van der Waals surface area contributed by atoms with E-state index in [-0.39, 0.29) is 0 Å². The average Bonchev–Trinajstić information content (AvgIpc) is 3.06. The Labute approximate surface area is 125 Å². The van der Waals surface area contributed by atoms with Crippen LogP contribution >= 0.6 is 11.3 Å². The van der Waals surface area contributed by atoms with E-state index in [0.29, 0.717) is 5.92 Å². The first-order valence-electron chi connectivity index (χ1n) is 7.09. The van der Waals surface area contributed by atoms with E-state index < -0.39 is 0 Å². The number of nitrogens with zero attached hydrogens (tertiary/aromatic N) is 3. The molecule has 0 bridgehead atoms. The molecule has 1 aliphatic heterocycles. The van der Waals surface area contributed by atoms with Gasteiger partial charge in [-0.3, -0.25) is 4.99 Å². The molecule has 0 radical (unpaired) electrons. The van der Waals surface area contributed by atoms with E-state index in [0.717, 1.165) is 55.8 Å². The number of hydrogen-bond acceptors (Lipinski definition) is 4. The summed E-state index contributed by atoms with van der Waals surface area (Å²) in [6, 6.07) is 0. The van der Waals surface area contributed by atoms with Crippen molar-refractivity contribution in [3.63, 3.8) is 0 Å². The summed E-state index contributed by atoms with van der Waals surface area (Å²) in [6.45, 7) is 5.67. The second kappa shape index (κ2) is 7.59. The van der Waals surface area contributed by atoms with Crippen molar-refractivity contribution in [2.45, 2.75) is 19.8 Å². The van der Waals surface area contributed by atoms with Gasteiger partial charge in [0.25, 0.3) is 0 Å². The predicted molar refractivity (Wildman–Crippen MR) is 83.5 cm³/mol. The largest absolute Gasteiger partial charge is 0.381 e. The molecule has 0 aromatic carbocycles. The van der Waals surface area contributed by atoms with E-state index in [2.05, 4.69) is 32.6 Å². The van der Waals surface area contributed by atoms with Crippen LogP contribution in [-0.2, 0) is 11.2 Å². The standard InChI is InChI=1S/C14H24N4OS/c1-11-17-13(10-20-11)4-6-16-14(15-2)18(3)8-12-5-7-19-9-12/h10,12H,4-9H2,1-3H3,(H,15,16). The van der Waals surface area contributed by atoms with Crippen LogP contribution in [0.5, 0.6) is 0 Å². The van der Waals surface area contributed by atoms with Crippen LogP contribution in [0.3, 0.4) is 0 Å². The van der Waals surface area contributed by atoms with Crippen LogP contribution in [0.15, 0.2) is 10.4 Å². The average molecular weight is 296 g/mol. The lowest BCUT2D eigenvalue weighted by molar-refractivity contribution is 0.181. The third-order valence-corrected chi connectivity index (χ3v) is 4.28. The van der Waals surface area contributed by atoms with Crippen LogP contribution in [0.2, 0.25) is 0 Å². The Morgan fingerprint density at radius 2 is 2.50 bits per heavy atom. The molecule has 5 nitrogen and oxygen atoms in total. The molecule has 6 heteroatoms. The van der Waals surface area contributed by atoms with Gasteiger partial charge >= 0.3 is 0 Å². The summed E-state index contributed by atoms with van der Waals surface area (Å²) in [5.74, 6) is 1.57. The third kappa shape index (κ3) is 4.45. The van der Waals surface area contributed by atoms with Crippen LogP contribution in [0.1, 0.15) is 17.1 Å². The zero-order valence-electron chi connectivity index (χ0n) is 12.6. The highest BCUT2D eigenvalue weighted by molar-refractivity contribution is 7.09. The number of ether oxygens (including phenoxy) is 1. The van der Waals surface area contributed by atoms with E-state index in [1.165, 1.54) is 0 Å². The maximum Gasteiger partial charge on any atom is 0.193 e. The monoisotopic (exact) mass is 296 g/mol. The van der Waals surface area contributed by atoms with Gasteiger partial charge in [0.2, 0.25) is 0 Å². The van der Waals surface area contributed by atoms with E-state index in [1.54, 1.807) is 11.3 Å². The van der Waals surface area contributed by atoms with Gasteiger partial charge in [0.1, 0.15) is 0 Å². The first kappa shape index (κ1) is 15.3. The number of hydrogen-bond donors (Lipinski definition) is 1. The maximum atomic E-state index is 5.42.